The Bertz CT molecular complexity index is 277. The predicted molar refractivity (Wildman–Crippen MR) is 44.4 cm³/mol. The van der Waals surface area contributed by atoms with E-state index in [9.17, 15) is 9.18 Å². The van der Waals surface area contributed by atoms with E-state index in [1.54, 1.807) is 0 Å². The van der Waals surface area contributed by atoms with Crippen LogP contribution in [0.15, 0.2) is 12.4 Å². The Morgan fingerprint density at radius 2 is 2.17 bits per heavy atom. The van der Waals surface area contributed by atoms with Gasteiger partial charge in [0.2, 0.25) is 11.9 Å². The average Bonchev–Trinajstić information content (AvgIpc) is 2.09. The fourth-order valence-corrected chi connectivity index (χ4v) is 0.675. The van der Waals surface area contributed by atoms with E-state index in [0.717, 1.165) is 12.4 Å². The minimum Gasteiger partial charge on any atom is -0.294 e. The number of amides is 1. The number of carbonyl (C=O) groups excluding carboxylic acids is 1. The zero-order valence-corrected chi connectivity index (χ0v) is 7.51. The van der Waals surface area contributed by atoms with Gasteiger partial charge < -0.3 is 0 Å². The van der Waals surface area contributed by atoms with Crippen molar-refractivity contribution >= 4 is 27.8 Å². The van der Waals surface area contributed by atoms with Gasteiger partial charge in [-0.05, 0) is 0 Å². The van der Waals surface area contributed by atoms with E-state index in [4.69, 9.17) is 0 Å². The van der Waals surface area contributed by atoms with Crippen LogP contribution in [0.3, 0.4) is 0 Å². The molecule has 0 fully saturated rings. The van der Waals surface area contributed by atoms with Crippen LogP contribution < -0.4 is 5.32 Å². The summed E-state index contributed by atoms with van der Waals surface area (Å²) in [6.07, 6.45) is 1.97. The number of anilines is 1. The summed E-state index contributed by atoms with van der Waals surface area (Å²) in [7, 11) is 0. The molecule has 1 aromatic rings. The van der Waals surface area contributed by atoms with Gasteiger partial charge in [-0.2, -0.15) is 0 Å². The molecule has 0 saturated carbocycles. The van der Waals surface area contributed by atoms with E-state index in [1.807, 2.05) is 0 Å². The lowest BCUT2D eigenvalue weighted by Gasteiger charge is -1.98. The average molecular weight is 234 g/mol. The summed E-state index contributed by atoms with van der Waals surface area (Å²) in [4.78, 5) is 17.8. The maximum atomic E-state index is 12.3. The molecule has 6 heteroatoms. The Hall–Kier alpha value is -1.04. The summed E-state index contributed by atoms with van der Waals surface area (Å²) < 4.78 is 12.3. The van der Waals surface area contributed by atoms with Gasteiger partial charge >= 0.3 is 0 Å². The fourth-order valence-electron chi connectivity index (χ4n) is 0.535. The van der Waals surface area contributed by atoms with Crippen molar-refractivity contribution in [2.24, 2.45) is 0 Å². The maximum absolute atomic E-state index is 12.3. The van der Waals surface area contributed by atoms with Gasteiger partial charge in [0, 0.05) is 0 Å². The first-order valence-electron chi connectivity index (χ1n) is 3.05. The first kappa shape index (κ1) is 9.05. The van der Waals surface area contributed by atoms with Crippen molar-refractivity contribution in [3.63, 3.8) is 0 Å². The van der Waals surface area contributed by atoms with Crippen LogP contribution in [0.25, 0.3) is 0 Å². The highest BCUT2D eigenvalue weighted by atomic mass is 79.9. The molecule has 0 saturated heterocycles. The van der Waals surface area contributed by atoms with Crippen molar-refractivity contribution in [3.8, 4) is 0 Å². The molecular formula is C6H5BrFN3O. The second-order valence-corrected chi connectivity index (χ2v) is 2.47. The normalized spacial score (nSPS) is 9.50. The topological polar surface area (TPSA) is 54.9 Å². The lowest BCUT2D eigenvalue weighted by Crippen LogP contribution is -2.14. The molecule has 0 atom stereocenters. The summed E-state index contributed by atoms with van der Waals surface area (Å²) >= 11 is 2.95. The summed E-state index contributed by atoms with van der Waals surface area (Å²) in [5.74, 6) is -0.714. The third kappa shape index (κ3) is 2.54. The van der Waals surface area contributed by atoms with Crippen LogP contribution >= 0.6 is 15.9 Å². The number of nitrogens with one attached hydrogen (secondary N) is 1. The Morgan fingerprint density at radius 3 is 2.67 bits per heavy atom. The van der Waals surface area contributed by atoms with E-state index < -0.39 is 5.82 Å². The molecule has 1 heterocycles. The van der Waals surface area contributed by atoms with Crippen LogP contribution in [0.1, 0.15) is 0 Å². The monoisotopic (exact) mass is 233 g/mol. The van der Waals surface area contributed by atoms with Crippen molar-refractivity contribution in [2.45, 2.75) is 0 Å². The number of alkyl halides is 1. The van der Waals surface area contributed by atoms with E-state index in [2.05, 4.69) is 31.2 Å². The van der Waals surface area contributed by atoms with Crippen molar-refractivity contribution in [3.05, 3.63) is 18.2 Å². The minimum absolute atomic E-state index is 0.0980. The van der Waals surface area contributed by atoms with Gasteiger partial charge in [-0.1, -0.05) is 15.9 Å². The number of nitrogens with zero attached hydrogens (tertiary/aromatic N) is 2. The Morgan fingerprint density at radius 1 is 1.58 bits per heavy atom. The molecule has 0 aliphatic carbocycles. The molecule has 1 amide bonds. The number of rotatable bonds is 2. The molecule has 1 N–H and O–H groups in total. The van der Waals surface area contributed by atoms with Gasteiger partial charge in [-0.25, -0.2) is 14.4 Å². The van der Waals surface area contributed by atoms with E-state index >= 15 is 0 Å². The van der Waals surface area contributed by atoms with Gasteiger partial charge in [0.1, 0.15) is 0 Å². The third-order valence-corrected chi connectivity index (χ3v) is 1.50. The SMILES string of the molecule is O=C(CBr)Nc1ncc(F)cn1. The first-order valence-corrected chi connectivity index (χ1v) is 4.18. The number of hydrogen-bond donors (Lipinski definition) is 1. The number of hydrogen-bond acceptors (Lipinski definition) is 3. The van der Waals surface area contributed by atoms with E-state index in [0.29, 0.717) is 0 Å². The number of aromatic nitrogens is 2. The largest absolute Gasteiger partial charge is 0.294 e. The van der Waals surface area contributed by atoms with Gasteiger partial charge in [0.15, 0.2) is 5.82 Å². The zero-order chi connectivity index (χ0) is 8.97. The highest BCUT2D eigenvalue weighted by Crippen LogP contribution is 1.98. The molecule has 0 aliphatic rings. The van der Waals surface area contributed by atoms with Crippen LogP contribution in [0.4, 0.5) is 10.3 Å². The molecule has 0 bridgehead atoms. The van der Waals surface area contributed by atoms with Crippen molar-refractivity contribution < 1.29 is 9.18 Å². The quantitative estimate of drug-likeness (QED) is 0.775. The molecule has 1 aromatic heterocycles. The fraction of sp³-hybridized carbons (Fsp3) is 0.167. The van der Waals surface area contributed by atoms with Crippen LogP contribution in [-0.2, 0) is 4.79 Å². The van der Waals surface area contributed by atoms with Gasteiger partial charge in [0.25, 0.3) is 0 Å². The molecule has 0 radical (unpaired) electrons. The minimum atomic E-state index is -0.535. The zero-order valence-electron chi connectivity index (χ0n) is 5.92. The summed E-state index contributed by atoms with van der Waals surface area (Å²) in [5.41, 5.74) is 0. The van der Waals surface area contributed by atoms with Gasteiger partial charge in [-0.15, -0.1) is 0 Å². The lowest BCUT2D eigenvalue weighted by molar-refractivity contribution is -0.113. The van der Waals surface area contributed by atoms with Crippen LogP contribution in [0.2, 0.25) is 0 Å². The predicted octanol–water partition coefficient (Wildman–Crippen LogP) is 0.949. The third-order valence-electron chi connectivity index (χ3n) is 0.993. The molecule has 0 aromatic carbocycles. The Kier molecular flexibility index (Phi) is 3.09. The smallest absolute Gasteiger partial charge is 0.237 e. The Labute approximate surface area is 76.3 Å². The second kappa shape index (κ2) is 4.10. The molecular weight excluding hydrogens is 229 g/mol. The first-order chi connectivity index (χ1) is 5.72. The highest BCUT2D eigenvalue weighted by Gasteiger charge is 2.01. The molecule has 12 heavy (non-hydrogen) atoms. The molecule has 1 rings (SSSR count). The second-order valence-electron chi connectivity index (χ2n) is 1.91. The number of halogens is 2. The van der Waals surface area contributed by atoms with E-state index in [1.165, 1.54) is 0 Å². The number of carbonyl (C=O) groups is 1. The Balaban J connectivity index is 2.64. The van der Waals surface area contributed by atoms with Crippen LogP contribution in [0.5, 0.6) is 0 Å². The lowest BCUT2D eigenvalue weighted by atomic mass is 10.6. The summed E-state index contributed by atoms with van der Waals surface area (Å²) in [5, 5.41) is 2.50. The summed E-state index contributed by atoms with van der Waals surface area (Å²) in [6.45, 7) is 0. The van der Waals surface area contributed by atoms with Gasteiger partial charge in [-0.3, -0.25) is 10.1 Å². The summed E-state index contributed by atoms with van der Waals surface area (Å²) in [6, 6.07) is 0. The van der Waals surface area contributed by atoms with E-state index in [-0.39, 0.29) is 17.2 Å². The van der Waals surface area contributed by atoms with Gasteiger partial charge in [0.05, 0.1) is 17.7 Å². The molecule has 0 spiro atoms. The van der Waals surface area contributed by atoms with Crippen molar-refractivity contribution in [1.29, 1.82) is 0 Å². The molecule has 0 aliphatic heterocycles. The highest BCUT2D eigenvalue weighted by molar-refractivity contribution is 9.09. The van der Waals surface area contributed by atoms with Crippen molar-refractivity contribution in [1.82, 2.24) is 9.97 Å². The van der Waals surface area contributed by atoms with Crippen LogP contribution in [-0.4, -0.2) is 21.2 Å². The van der Waals surface area contributed by atoms with Crippen molar-refractivity contribution in [2.75, 3.05) is 10.6 Å². The molecule has 0 unspecified atom stereocenters. The molecule has 64 valence electrons. The van der Waals surface area contributed by atoms with Crippen LogP contribution in [0, 0.1) is 5.82 Å². The standard InChI is InChI=1S/C6H5BrFN3O/c7-1-5(12)11-6-9-2-4(8)3-10-6/h2-3H,1H2,(H,9,10,11,12). The molecule has 4 nitrogen and oxygen atoms in total. The maximum Gasteiger partial charge on any atom is 0.237 e.